The van der Waals surface area contributed by atoms with E-state index >= 15 is 0 Å². The number of ether oxygens (including phenoxy) is 1. The van der Waals surface area contributed by atoms with E-state index in [4.69, 9.17) is 4.74 Å². The van der Waals surface area contributed by atoms with Crippen molar-refractivity contribution in [1.29, 1.82) is 0 Å². The Labute approximate surface area is 212 Å². The number of amides is 2. The average Bonchev–Trinajstić information content (AvgIpc) is 3.27. The van der Waals surface area contributed by atoms with Crippen LogP contribution in [0.3, 0.4) is 0 Å². The molecule has 0 radical (unpaired) electrons. The molecule has 2 heterocycles. The molecule has 0 unspecified atom stereocenters. The van der Waals surface area contributed by atoms with Crippen LogP contribution < -0.4 is 4.90 Å². The van der Waals surface area contributed by atoms with Crippen LogP contribution in [0.5, 0.6) is 0 Å². The Morgan fingerprint density at radius 1 is 1.11 bits per heavy atom. The van der Waals surface area contributed by atoms with Gasteiger partial charge < -0.3 is 9.64 Å². The molecule has 1 aliphatic heterocycles. The third-order valence-electron chi connectivity index (χ3n) is 6.40. The Balaban J connectivity index is 1.62. The molecule has 2 amide bonds. The summed E-state index contributed by atoms with van der Waals surface area (Å²) in [6.07, 6.45) is 5.47. The third-order valence-corrected chi connectivity index (χ3v) is 7.56. The highest BCUT2D eigenvalue weighted by Crippen LogP contribution is 2.30. The molecule has 35 heavy (non-hydrogen) atoms. The highest BCUT2D eigenvalue weighted by Gasteiger charge is 2.32. The molecule has 7 nitrogen and oxygen atoms in total. The van der Waals surface area contributed by atoms with E-state index in [-0.39, 0.29) is 17.7 Å². The fraction of sp³-hybridized carbons (Fsp3) is 0.556. The zero-order valence-electron chi connectivity index (χ0n) is 21.1. The van der Waals surface area contributed by atoms with Gasteiger partial charge in [0.25, 0.3) is 0 Å². The minimum atomic E-state index is -0.392. The molecular weight excluding hydrogens is 462 g/mol. The van der Waals surface area contributed by atoms with Crippen molar-refractivity contribution < 1.29 is 19.1 Å². The van der Waals surface area contributed by atoms with Crippen molar-refractivity contribution in [3.63, 3.8) is 0 Å². The molecule has 0 N–H and O–H groups in total. The van der Waals surface area contributed by atoms with Gasteiger partial charge in [-0.2, -0.15) is 0 Å². The lowest BCUT2D eigenvalue weighted by Crippen LogP contribution is -2.45. The average molecular weight is 500 g/mol. The molecule has 2 aromatic rings. The van der Waals surface area contributed by atoms with E-state index in [0.717, 1.165) is 31.2 Å². The van der Waals surface area contributed by atoms with Crippen molar-refractivity contribution in [2.24, 2.45) is 5.92 Å². The van der Waals surface area contributed by atoms with Crippen LogP contribution in [-0.4, -0.2) is 53.9 Å². The van der Waals surface area contributed by atoms with E-state index in [2.05, 4.69) is 11.9 Å². The summed E-state index contributed by atoms with van der Waals surface area (Å²) in [4.78, 5) is 47.2. The molecule has 0 aliphatic carbocycles. The SMILES string of the molecule is CCCCCN(C(=O)C1CCN(C(=O)CCc2ccccc2)CC1)c1nc(C)c(C(=O)OCC)s1. The molecular formula is C27H37N3O4S. The van der Waals surface area contributed by atoms with Crippen LogP contribution >= 0.6 is 11.3 Å². The molecule has 0 spiro atoms. The van der Waals surface area contributed by atoms with Gasteiger partial charge in [-0.3, -0.25) is 14.5 Å². The number of anilines is 1. The van der Waals surface area contributed by atoms with Crippen LogP contribution in [0.25, 0.3) is 0 Å². The van der Waals surface area contributed by atoms with Gasteiger partial charge in [-0.15, -0.1) is 0 Å². The summed E-state index contributed by atoms with van der Waals surface area (Å²) >= 11 is 1.23. The first-order valence-corrected chi connectivity index (χ1v) is 13.5. The Morgan fingerprint density at radius 3 is 2.49 bits per heavy atom. The summed E-state index contributed by atoms with van der Waals surface area (Å²) in [7, 11) is 0. The second-order valence-electron chi connectivity index (χ2n) is 8.97. The second kappa shape index (κ2) is 13.4. The number of benzene rings is 1. The molecule has 0 saturated carbocycles. The number of esters is 1. The number of nitrogens with zero attached hydrogens (tertiary/aromatic N) is 3. The van der Waals surface area contributed by atoms with Gasteiger partial charge in [0.15, 0.2) is 5.13 Å². The molecule has 3 rings (SSSR count). The lowest BCUT2D eigenvalue weighted by atomic mass is 9.94. The first kappa shape index (κ1) is 26.9. The number of carbonyl (C=O) groups excluding carboxylic acids is 3. The molecule has 190 valence electrons. The van der Waals surface area contributed by atoms with E-state index in [1.807, 2.05) is 35.2 Å². The van der Waals surface area contributed by atoms with Crippen molar-refractivity contribution in [2.45, 2.75) is 65.7 Å². The molecule has 1 aliphatic rings. The monoisotopic (exact) mass is 499 g/mol. The topological polar surface area (TPSA) is 79.8 Å². The van der Waals surface area contributed by atoms with Gasteiger partial charge in [-0.1, -0.05) is 61.4 Å². The number of piperidine rings is 1. The first-order chi connectivity index (χ1) is 16.9. The van der Waals surface area contributed by atoms with Gasteiger partial charge in [-0.25, -0.2) is 9.78 Å². The van der Waals surface area contributed by atoms with Crippen molar-refractivity contribution in [3.05, 3.63) is 46.5 Å². The summed E-state index contributed by atoms with van der Waals surface area (Å²) in [6.45, 7) is 7.75. The summed E-state index contributed by atoms with van der Waals surface area (Å²) in [6, 6.07) is 10.0. The minimum Gasteiger partial charge on any atom is -0.462 e. The van der Waals surface area contributed by atoms with Crippen molar-refractivity contribution >= 4 is 34.3 Å². The van der Waals surface area contributed by atoms with Crippen LogP contribution in [0.15, 0.2) is 30.3 Å². The Kier molecular flexibility index (Phi) is 10.3. The summed E-state index contributed by atoms with van der Waals surface area (Å²) < 4.78 is 5.15. The Bertz CT molecular complexity index is 984. The van der Waals surface area contributed by atoms with Crippen LogP contribution in [-0.2, 0) is 20.7 Å². The fourth-order valence-corrected chi connectivity index (χ4v) is 5.35. The number of aryl methyl sites for hydroxylation is 2. The maximum Gasteiger partial charge on any atom is 0.350 e. The van der Waals surface area contributed by atoms with Crippen LogP contribution in [0.4, 0.5) is 5.13 Å². The zero-order valence-corrected chi connectivity index (χ0v) is 21.9. The largest absolute Gasteiger partial charge is 0.462 e. The maximum atomic E-state index is 13.6. The predicted octanol–water partition coefficient (Wildman–Crippen LogP) is 5.02. The molecule has 0 bridgehead atoms. The lowest BCUT2D eigenvalue weighted by molar-refractivity contribution is -0.134. The number of likely N-dealkylation sites (tertiary alicyclic amines) is 1. The molecule has 1 fully saturated rings. The van der Waals surface area contributed by atoms with E-state index in [0.29, 0.717) is 61.2 Å². The highest BCUT2D eigenvalue weighted by atomic mass is 32.1. The van der Waals surface area contributed by atoms with Crippen LogP contribution in [0.1, 0.15) is 73.3 Å². The maximum absolute atomic E-state index is 13.6. The molecule has 8 heteroatoms. The molecule has 1 aromatic carbocycles. The number of hydrogen-bond donors (Lipinski definition) is 0. The standard InChI is InChI=1S/C27H37N3O4S/c1-4-6-10-17-30(27-28-20(3)24(35-27)26(33)34-5-2)25(32)22-15-18-29(19-16-22)23(31)14-13-21-11-8-7-9-12-21/h7-9,11-12,22H,4-6,10,13-19H2,1-3H3. The number of thiazole rings is 1. The minimum absolute atomic E-state index is 0.0432. The summed E-state index contributed by atoms with van der Waals surface area (Å²) in [5, 5.41) is 0.563. The number of aromatic nitrogens is 1. The van der Waals surface area contributed by atoms with E-state index in [9.17, 15) is 14.4 Å². The van der Waals surface area contributed by atoms with Crippen molar-refractivity contribution in [1.82, 2.24) is 9.88 Å². The smallest absolute Gasteiger partial charge is 0.350 e. The van der Waals surface area contributed by atoms with Gasteiger partial charge in [0.2, 0.25) is 11.8 Å². The molecule has 1 aromatic heterocycles. The summed E-state index contributed by atoms with van der Waals surface area (Å²) in [5.41, 5.74) is 1.75. The normalized spacial score (nSPS) is 14.1. The van der Waals surface area contributed by atoms with Gasteiger partial charge >= 0.3 is 5.97 Å². The molecule has 1 saturated heterocycles. The summed E-state index contributed by atoms with van der Waals surface area (Å²) in [5.74, 6) is -0.349. The van der Waals surface area contributed by atoms with E-state index in [1.165, 1.54) is 11.3 Å². The Morgan fingerprint density at radius 2 is 1.83 bits per heavy atom. The molecule has 0 atom stereocenters. The lowest BCUT2D eigenvalue weighted by Gasteiger charge is -2.33. The number of unbranched alkanes of at least 4 members (excludes halogenated alkanes) is 2. The van der Waals surface area contributed by atoms with E-state index < -0.39 is 5.97 Å². The number of hydrogen-bond acceptors (Lipinski definition) is 6. The van der Waals surface area contributed by atoms with Crippen molar-refractivity contribution in [3.8, 4) is 0 Å². The van der Waals surface area contributed by atoms with Crippen LogP contribution in [0, 0.1) is 12.8 Å². The van der Waals surface area contributed by atoms with Gasteiger partial charge in [0.1, 0.15) is 4.88 Å². The zero-order chi connectivity index (χ0) is 25.2. The number of carbonyl (C=O) groups is 3. The third kappa shape index (κ3) is 7.37. The fourth-order valence-electron chi connectivity index (χ4n) is 4.35. The highest BCUT2D eigenvalue weighted by molar-refractivity contribution is 7.17. The number of rotatable bonds is 11. The second-order valence-corrected chi connectivity index (χ2v) is 9.95. The van der Waals surface area contributed by atoms with Gasteiger partial charge in [0.05, 0.1) is 12.3 Å². The van der Waals surface area contributed by atoms with Gasteiger partial charge in [0, 0.05) is 32.0 Å². The quantitative estimate of drug-likeness (QED) is 0.320. The van der Waals surface area contributed by atoms with Crippen LogP contribution in [0.2, 0.25) is 0 Å². The first-order valence-electron chi connectivity index (χ1n) is 12.7. The van der Waals surface area contributed by atoms with Crippen molar-refractivity contribution in [2.75, 3.05) is 31.1 Å². The predicted molar refractivity (Wildman–Crippen MR) is 139 cm³/mol. The Hall–Kier alpha value is -2.74. The van der Waals surface area contributed by atoms with Gasteiger partial charge in [-0.05, 0) is 45.1 Å². The van der Waals surface area contributed by atoms with E-state index in [1.54, 1.807) is 18.7 Å².